The number of benzene rings is 2. The van der Waals surface area contributed by atoms with Crippen molar-refractivity contribution in [3.63, 3.8) is 0 Å². The van der Waals surface area contributed by atoms with Gasteiger partial charge in [-0.05, 0) is 62.6 Å². The van der Waals surface area contributed by atoms with Gasteiger partial charge in [0.05, 0.1) is 24.3 Å². The van der Waals surface area contributed by atoms with Crippen LogP contribution < -0.4 is 0 Å². The zero-order valence-corrected chi connectivity index (χ0v) is 17.0. The van der Waals surface area contributed by atoms with Crippen molar-refractivity contribution in [1.82, 2.24) is 4.57 Å². The molecule has 0 aliphatic rings. The Hall–Kier alpha value is -2.82. The molecule has 0 amide bonds. The van der Waals surface area contributed by atoms with Gasteiger partial charge in [-0.1, -0.05) is 13.8 Å². The van der Waals surface area contributed by atoms with E-state index in [4.69, 9.17) is 9.47 Å². The third kappa shape index (κ3) is 3.88. The summed E-state index contributed by atoms with van der Waals surface area (Å²) in [6.45, 7) is 9.52. The van der Waals surface area contributed by atoms with E-state index in [0.717, 1.165) is 34.8 Å². The van der Waals surface area contributed by atoms with E-state index in [0.29, 0.717) is 30.3 Å². The molecule has 0 aliphatic heterocycles. The van der Waals surface area contributed by atoms with Gasteiger partial charge in [-0.25, -0.2) is 9.59 Å². The second-order valence-corrected chi connectivity index (χ2v) is 7.24. The molecule has 0 unspecified atom stereocenters. The van der Waals surface area contributed by atoms with Crippen LogP contribution in [-0.4, -0.2) is 29.7 Å². The predicted molar refractivity (Wildman–Crippen MR) is 111 cm³/mol. The molecule has 2 aromatic carbocycles. The summed E-state index contributed by atoms with van der Waals surface area (Å²) in [4.78, 5) is 24.4. The van der Waals surface area contributed by atoms with Crippen LogP contribution in [0.15, 0.2) is 36.4 Å². The Kier molecular flexibility index (Phi) is 6.02. The Morgan fingerprint density at radius 1 is 0.857 bits per heavy atom. The first-order chi connectivity index (χ1) is 13.5. The van der Waals surface area contributed by atoms with E-state index in [1.165, 1.54) is 0 Å². The van der Waals surface area contributed by atoms with Gasteiger partial charge in [-0.3, -0.25) is 0 Å². The van der Waals surface area contributed by atoms with Gasteiger partial charge >= 0.3 is 11.9 Å². The fourth-order valence-corrected chi connectivity index (χ4v) is 3.42. The number of rotatable bonds is 7. The summed E-state index contributed by atoms with van der Waals surface area (Å²) in [7, 11) is 0. The molecule has 0 bridgehead atoms. The molecule has 0 saturated carbocycles. The van der Waals surface area contributed by atoms with Crippen LogP contribution in [0.1, 0.15) is 54.8 Å². The maximum atomic E-state index is 12.2. The number of hydrogen-bond acceptors (Lipinski definition) is 4. The highest BCUT2D eigenvalue weighted by atomic mass is 16.5. The minimum atomic E-state index is -0.339. The van der Waals surface area contributed by atoms with Crippen LogP contribution >= 0.6 is 0 Å². The molecule has 0 fully saturated rings. The van der Waals surface area contributed by atoms with E-state index in [2.05, 4.69) is 18.4 Å². The number of fused-ring (bicyclic) bond motifs is 3. The van der Waals surface area contributed by atoms with E-state index in [-0.39, 0.29) is 11.9 Å². The summed E-state index contributed by atoms with van der Waals surface area (Å²) in [5.41, 5.74) is 3.12. The van der Waals surface area contributed by atoms with Gasteiger partial charge in [-0.15, -0.1) is 0 Å². The van der Waals surface area contributed by atoms with Gasteiger partial charge in [0.1, 0.15) is 0 Å². The minimum Gasteiger partial charge on any atom is -0.462 e. The van der Waals surface area contributed by atoms with Crippen molar-refractivity contribution in [2.24, 2.45) is 5.92 Å². The Morgan fingerprint density at radius 2 is 1.32 bits per heavy atom. The van der Waals surface area contributed by atoms with Crippen LogP contribution in [0, 0.1) is 5.92 Å². The van der Waals surface area contributed by atoms with E-state index in [9.17, 15) is 9.59 Å². The van der Waals surface area contributed by atoms with Crippen LogP contribution in [0.25, 0.3) is 21.8 Å². The van der Waals surface area contributed by atoms with Crippen molar-refractivity contribution in [2.45, 2.75) is 40.7 Å². The number of carbonyl (C=O) groups is 2. The average Bonchev–Trinajstić information content (AvgIpc) is 2.99. The van der Waals surface area contributed by atoms with Crippen LogP contribution in [0.5, 0.6) is 0 Å². The summed E-state index contributed by atoms with van der Waals surface area (Å²) in [5, 5.41) is 1.88. The lowest BCUT2D eigenvalue weighted by Gasteiger charge is -2.10. The molecule has 0 atom stereocenters. The van der Waals surface area contributed by atoms with Gasteiger partial charge in [0.15, 0.2) is 0 Å². The molecular formula is C23H27NO4. The van der Waals surface area contributed by atoms with Crippen LogP contribution in [0.2, 0.25) is 0 Å². The molecule has 1 aromatic heterocycles. The monoisotopic (exact) mass is 381 g/mol. The Balaban J connectivity index is 2.20. The largest absolute Gasteiger partial charge is 0.462 e. The number of hydrogen-bond donors (Lipinski definition) is 0. The molecule has 5 nitrogen and oxygen atoms in total. The molecule has 0 aliphatic carbocycles. The number of aryl methyl sites for hydroxylation is 1. The van der Waals surface area contributed by atoms with E-state index in [1.807, 2.05) is 24.3 Å². The highest BCUT2D eigenvalue weighted by Gasteiger charge is 2.16. The van der Waals surface area contributed by atoms with Crippen LogP contribution in [-0.2, 0) is 16.0 Å². The number of aromatic nitrogens is 1. The lowest BCUT2D eigenvalue weighted by molar-refractivity contribution is 0.0517. The molecule has 0 radical (unpaired) electrons. The van der Waals surface area contributed by atoms with Gasteiger partial charge < -0.3 is 14.0 Å². The van der Waals surface area contributed by atoms with Gasteiger partial charge in [0, 0.05) is 28.4 Å². The first kappa shape index (κ1) is 19.9. The summed E-state index contributed by atoms with van der Waals surface area (Å²) in [6.07, 6.45) is 1.04. The molecule has 148 valence electrons. The third-order valence-electron chi connectivity index (χ3n) is 4.82. The van der Waals surface area contributed by atoms with Crippen molar-refractivity contribution in [2.75, 3.05) is 13.2 Å². The van der Waals surface area contributed by atoms with E-state index < -0.39 is 0 Å². The smallest absolute Gasteiger partial charge is 0.338 e. The molecule has 3 aromatic rings. The molecule has 0 N–H and O–H groups in total. The van der Waals surface area contributed by atoms with Crippen LogP contribution in [0.3, 0.4) is 0 Å². The first-order valence-electron chi connectivity index (χ1n) is 9.86. The second-order valence-electron chi connectivity index (χ2n) is 7.24. The number of esters is 2. The molecule has 1 heterocycles. The zero-order valence-electron chi connectivity index (χ0n) is 17.0. The van der Waals surface area contributed by atoms with Crippen molar-refractivity contribution < 1.29 is 19.1 Å². The SMILES string of the molecule is CCOC(=O)c1ccc2c(c1)c1cc(C(=O)OCC)ccc1n2CCC(C)C. The standard InChI is InChI=1S/C23H27NO4/c1-5-27-22(25)16-7-9-20-18(13-16)19-14-17(23(26)28-6-2)8-10-21(19)24(20)12-11-15(3)4/h7-10,13-15H,5-6,11-12H2,1-4H3. The zero-order chi connectivity index (χ0) is 20.3. The third-order valence-corrected chi connectivity index (χ3v) is 4.82. The molecular weight excluding hydrogens is 354 g/mol. The Bertz CT molecular complexity index is 941. The normalized spacial score (nSPS) is 11.3. The van der Waals surface area contributed by atoms with Gasteiger partial charge in [0.25, 0.3) is 0 Å². The molecule has 28 heavy (non-hydrogen) atoms. The topological polar surface area (TPSA) is 57.5 Å². The maximum Gasteiger partial charge on any atom is 0.338 e. The fourth-order valence-electron chi connectivity index (χ4n) is 3.42. The van der Waals surface area contributed by atoms with Crippen molar-refractivity contribution in [3.8, 4) is 0 Å². The second kappa shape index (κ2) is 8.46. The predicted octanol–water partition coefficient (Wildman–Crippen LogP) is 5.19. The van der Waals surface area contributed by atoms with Crippen molar-refractivity contribution in [1.29, 1.82) is 0 Å². The molecule has 0 saturated heterocycles. The molecule has 3 rings (SSSR count). The highest BCUT2D eigenvalue weighted by molar-refractivity contribution is 6.12. The minimum absolute atomic E-state index is 0.333. The van der Waals surface area contributed by atoms with E-state index in [1.54, 1.807) is 26.0 Å². The van der Waals surface area contributed by atoms with Gasteiger partial charge in [0.2, 0.25) is 0 Å². The summed E-state index contributed by atoms with van der Waals surface area (Å²) in [6, 6.07) is 11.2. The average molecular weight is 381 g/mol. The highest BCUT2D eigenvalue weighted by Crippen LogP contribution is 2.31. The van der Waals surface area contributed by atoms with Crippen LogP contribution in [0.4, 0.5) is 0 Å². The molecule has 5 heteroatoms. The maximum absolute atomic E-state index is 12.2. The lowest BCUT2D eigenvalue weighted by atomic mass is 10.1. The van der Waals surface area contributed by atoms with E-state index >= 15 is 0 Å². The Morgan fingerprint density at radius 3 is 1.71 bits per heavy atom. The lowest BCUT2D eigenvalue weighted by Crippen LogP contribution is -2.05. The van der Waals surface area contributed by atoms with Crippen molar-refractivity contribution >= 4 is 33.7 Å². The first-order valence-corrected chi connectivity index (χ1v) is 9.86. The summed E-state index contributed by atoms with van der Waals surface area (Å²) in [5.74, 6) is -0.104. The summed E-state index contributed by atoms with van der Waals surface area (Å²) >= 11 is 0. The van der Waals surface area contributed by atoms with Gasteiger partial charge in [-0.2, -0.15) is 0 Å². The Labute approximate surface area is 165 Å². The fraction of sp³-hybridized carbons (Fsp3) is 0.391. The number of nitrogens with zero attached hydrogens (tertiary/aromatic N) is 1. The number of ether oxygens (including phenoxy) is 2. The van der Waals surface area contributed by atoms with Crippen molar-refractivity contribution in [3.05, 3.63) is 47.5 Å². The number of carbonyl (C=O) groups excluding carboxylic acids is 2. The molecule has 0 spiro atoms. The quantitative estimate of drug-likeness (QED) is 0.528. The summed E-state index contributed by atoms with van der Waals surface area (Å²) < 4.78 is 12.6.